The number of hydrogen-bond acceptors (Lipinski definition) is 6. The number of amides is 3. The standard InChI is InChI=1S/C25H30B3N3O5/c26-22(15-4-6-16(7-5-15)25(27,28)30-10-12-35-13-11-30)36-20-3-1-2-17-18(20)14-31(24(17)34)19-8-9-21(32)29-23(19)33/h1-7,19,22H,8-14,26-28H2,(H,29,32,33). The van der Waals surface area contributed by atoms with Gasteiger partial charge < -0.3 is 19.3 Å². The Morgan fingerprint density at radius 2 is 1.78 bits per heavy atom. The molecule has 184 valence electrons. The lowest BCUT2D eigenvalue weighted by Gasteiger charge is -2.42. The Morgan fingerprint density at radius 3 is 2.47 bits per heavy atom. The van der Waals surface area contributed by atoms with Crippen LogP contribution in [0.2, 0.25) is 0 Å². The fourth-order valence-electron chi connectivity index (χ4n) is 5.39. The number of piperidine rings is 1. The number of imide groups is 1. The lowest BCUT2D eigenvalue weighted by molar-refractivity contribution is -0.136. The van der Waals surface area contributed by atoms with Crippen molar-refractivity contribution in [1.82, 2.24) is 15.1 Å². The van der Waals surface area contributed by atoms with Crippen molar-refractivity contribution in [2.75, 3.05) is 26.3 Å². The summed E-state index contributed by atoms with van der Waals surface area (Å²) in [6.45, 7) is 3.65. The number of carbonyl (C=O) groups excluding carboxylic acids is 3. The van der Waals surface area contributed by atoms with Crippen LogP contribution in [-0.2, 0) is 26.2 Å². The first kappa shape index (κ1) is 24.7. The number of fused-ring (bicyclic) bond motifs is 1. The fraction of sp³-hybridized carbons (Fsp3) is 0.400. The van der Waals surface area contributed by atoms with Gasteiger partial charge in [0.15, 0.2) is 7.85 Å². The van der Waals surface area contributed by atoms with Gasteiger partial charge in [0.2, 0.25) is 11.8 Å². The van der Waals surface area contributed by atoms with E-state index in [-0.39, 0.29) is 36.1 Å². The second-order valence-electron chi connectivity index (χ2n) is 10.2. The molecular weight excluding hydrogens is 455 g/mol. The number of nitrogens with zero attached hydrogens (tertiary/aromatic N) is 2. The number of benzene rings is 2. The first-order chi connectivity index (χ1) is 17.3. The highest BCUT2D eigenvalue weighted by atomic mass is 16.5. The molecule has 2 fully saturated rings. The summed E-state index contributed by atoms with van der Waals surface area (Å²) < 4.78 is 11.9. The molecule has 8 nitrogen and oxygen atoms in total. The first-order valence-electron chi connectivity index (χ1n) is 12.6. The van der Waals surface area contributed by atoms with Gasteiger partial charge in [-0.1, -0.05) is 30.3 Å². The predicted octanol–water partition coefficient (Wildman–Crippen LogP) is -1.13. The van der Waals surface area contributed by atoms with Crippen molar-refractivity contribution in [1.29, 1.82) is 0 Å². The van der Waals surface area contributed by atoms with E-state index in [1.165, 1.54) is 5.56 Å². The summed E-state index contributed by atoms with van der Waals surface area (Å²) in [5, 5.41) is 2.25. The van der Waals surface area contributed by atoms with Crippen molar-refractivity contribution < 1.29 is 23.9 Å². The molecule has 2 atom stereocenters. The molecule has 2 aromatic carbocycles. The number of rotatable bonds is 6. The second-order valence-corrected chi connectivity index (χ2v) is 10.2. The van der Waals surface area contributed by atoms with E-state index < -0.39 is 11.9 Å². The summed E-state index contributed by atoms with van der Waals surface area (Å²) in [6, 6.07) is 13.1. The maximum Gasteiger partial charge on any atom is 0.255 e. The van der Waals surface area contributed by atoms with Crippen LogP contribution >= 0.6 is 0 Å². The Bertz CT molecular complexity index is 1180. The van der Waals surface area contributed by atoms with Crippen LogP contribution in [0.25, 0.3) is 0 Å². The smallest absolute Gasteiger partial charge is 0.255 e. The zero-order valence-electron chi connectivity index (χ0n) is 21.1. The summed E-state index contributed by atoms with van der Waals surface area (Å²) in [6.07, 6.45) is 0.569. The van der Waals surface area contributed by atoms with Gasteiger partial charge in [-0.15, -0.1) is 0 Å². The third-order valence-corrected chi connectivity index (χ3v) is 7.73. The number of morpholine rings is 1. The van der Waals surface area contributed by atoms with E-state index in [0.29, 0.717) is 17.7 Å². The molecule has 1 N–H and O–H groups in total. The molecule has 0 saturated carbocycles. The van der Waals surface area contributed by atoms with Gasteiger partial charge in [-0.05, 0) is 35.0 Å². The van der Waals surface area contributed by atoms with E-state index in [2.05, 4.69) is 50.2 Å². The molecular formula is C25H30B3N3O5. The van der Waals surface area contributed by atoms with Crippen LogP contribution in [0.4, 0.5) is 0 Å². The van der Waals surface area contributed by atoms with Crippen molar-refractivity contribution >= 4 is 41.3 Å². The van der Waals surface area contributed by atoms with Crippen molar-refractivity contribution in [3.8, 4) is 5.75 Å². The van der Waals surface area contributed by atoms with Crippen LogP contribution < -0.4 is 10.1 Å². The minimum absolute atomic E-state index is 0.0908. The van der Waals surface area contributed by atoms with Crippen molar-refractivity contribution in [3.05, 3.63) is 64.7 Å². The second kappa shape index (κ2) is 9.79. The molecule has 3 heterocycles. The normalized spacial score (nSPS) is 21.7. The molecule has 0 spiro atoms. The van der Waals surface area contributed by atoms with E-state index >= 15 is 0 Å². The summed E-state index contributed by atoms with van der Waals surface area (Å²) in [5.41, 5.74) is 3.61. The highest BCUT2D eigenvalue weighted by Crippen LogP contribution is 2.35. The number of carbonyl (C=O) groups is 3. The molecule has 5 rings (SSSR count). The SMILES string of the molecule is BC(Oc1cccc2c1CN(C1CCC(=O)NC1=O)C2=O)c1ccc(C(B)(B)N2CCOCC2)cc1. The molecule has 3 amide bonds. The molecule has 2 unspecified atom stereocenters. The van der Waals surface area contributed by atoms with Crippen molar-refractivity contribution in [2.24, 2.45) is 0 Å². The Morgan fingerprint density at radius 1 is 1.06 bits per heavy atom. The third kappa shape index (κ3) is 4.57. The van der Waals surface area contributed by atoms with E-state index in [1.807, 2.05) is 13.9 Å². The maximum atomic E-state index is 13.1. The Balaban J connectivity index is 1.30. The summed E-state index contributed by atoms with van der Waals surface area (Å²) in [4.78, 5) is 41.0. The summed E-state index contributed by atoms with van der Waals surface area (Å²) >= 11 is 0. The van der Waals surface area contributed by atoms with Crippen LogP contribution in [0.15, 0.2) is 42.5 Å². The summed E-state index contributed by atoms with van der Waals surface area (Å²) in [5.74, 6) is -0.269. The average molecular weight is 485 g/mol. The fourth-order valence-corrected chi connectivity index (χ4v) is 5.39. The Kier molecular flexibility index (Phi) is 6.70. The lowest BCUT2D eigenvalue weighted by Crippen LogP contribution is -2.52. The molecule has 11 heteroatoms. The highest BCUT2D eigenvalue weighted by Gasteiger charge is 2.40. The van der Waals surface area contributed by atoms with E-state index in [1.54, 1.807) is 17.0 Å². The van der Waals surface area contributed by atoms with E-state index in [4.69, 9.17) is 9.47 Å². The minimum Gasteiger partial charge on any atom is -0.495 e. The van der Waals surface area contributed by atoms with Gasteiger partial charge in [0.25, 0.3) is 5.91 Å². The van der Waals surface area contributed by atoms with Crippen LogP contribution in [0.5, 0.6) is 5.75 Å². The quantitative estimate of drug-likeness (QED) is 0.412. The number of hydrogen-bond donors (Lipinski definition) is 1. The topological polar surface area (TPSA) is 88.2 Å². The molecule has 2 aromatic rings. The Hall–Kier alpha value is -3.04. The monoisotopic (exact) mass is 485 g/mol. The van der Waals surface area contributed by atoms with Gasteiger partial charge in [-0.3, -0.25) is 19.7 Å². The van der Waals surface area contributed by atoms with E-state index in [9.17, 15) is 14.4 Å². The largest absolute Gasteiger partial charge is 0.495 e. The van der Waals surface area contributed by atoms with Gasteiger partial charge in [-0.25, -0.2) is 0 Å². The van der Waals surface area contributed by atoms with Gasteiger partial charge in [-0.2, -0.15) is 0 Å². The van der Waals surface area contributed by atoms with Gasteiger partial charge >= 0.3 is 0 Å². The predicted molar refractivity (Wildman–Crippen MR) is 142 cm³/mol. The van der Waals surface area contributed by atoms with Crippen molar-refractivity contribution in [3.63, 3.8) is 0 Å². The first-order valence-corrected chi connectivity index (χ1v) is 12.6. The average Bonchev–Trinajstić information content (AvgIpc) is 3.22. The minimum atomic E-state index is -0.643. The third-order valence-electron chi connectivity index (χ3n) is 7.73. The molecule has 2 saturated heterocycles. The molecule has 36 heavy (non-hydrogen) atoms. The molecule has 0 aliphatic carbocycles. The number of nitrogens with one attached hydrogen (secondary N) is 1. The van der Waals surface area contributed by atoms with E-state index in [0.717, 1.165) is 37.4 Å². The molecule has 0 radical (unpaired) electrons. The Labute approximate surface area is 213 Å². The zero-order valence-corrected chi connectivity index (χ0v) is 21.1. The van der Waals surface area contributed by atoms with Crippen LogP contribution in [0, 0.1) is 0 Å². The lowest BCUT2D eigenvalue weighted by atomic mass is 9.56. The molecule has 3 aliphatic rings. The summed E-state index contributed by atoms with van der Waals surface area (Å²) in [7, 11) is 6.48. The molecule has 3 aliphatic heterocycles. The highest BCUT2D eigenvalue weighted by molar-refractivity contribution is 6.39. The maximum absolute atomic E-state index is 13.1. The van der Waals surface area contributed by atoms with Crippen LogP contribution in [0.1, 0.15) is 45.9 Å². The molecule has 0 aromatic heterocycles. The number of ether oxygens (including phenoxy) is 2. The molecule has 0 bridgehead atoms. The van der Waals surface area contributed by atoms with Crippen molar-refractivity contribution in [2.45, 2.75) is 36.8 Å². The van der Waals surface area contributed by atoms with Crippen LogP contribution in [0.3, 0.4) is 0 Å². The zero-order chi connectivity index (χ0) is 25.4. The van der Waals surface area contributed by atoms with Gasteiger partial charge in [0, 0.05) is 30.6 Å². The van der Waals surface area contributed by atoms with Crippen LogP contribution in [-0.4, -0.2) is 83.4 Å². The van der Waals surface area contributed by atoms with Gasteiger partial charge in [0.1, 0.15) is 27.5 Å². The van der Waals surface area contributed by atoms with Gasteiger partial charge in [0.05, 0.1) is 25.8 Å².